The van der Waals surface area contributed by atoms with E-state index < -0.39 is 14.8 Å². The number of para-hydroxylation sites is 1. The van der Waals surface area contributed by atoms with Crippen molar-refractivity contribution >= 4 is 32.6 Å². The van der Waals surface area contributed by atoms with Gasteiger partial charge in [0.15, 0.2) is 0 Å². The molecule has 0 aliphatic carbocycles. The van der Waals surface area contributed by atoms with Gasteiger partial charge in [0, 0.05) is 19.0 Å². The Morgan fingerprint density at radius 2 is 1.09 bits per heavy atom. The Morgan fingerprint density at radius 1 is 0.596 bits per heavy atom. The van der Waals surface area contributed by atoms with Gasteiger partial charge in [-0.2, -0.15) is 4.31 Å². The number of benzene rings is 6. The monoisotopic (exact) mass is 655 g/mol. The fraction of sp³-hybridized carbons (Fsp3) is 0.171. The number of thioether (sulfide) groups is 1. The summed E-state index contributed by atoms with van der Waals surface area (Å²) in [4.78, 5) is 0.333. The van der Waals surface area contributed by atoms with E-state index in [0.29, 0.717) is 24.6 Å². The van der Waals surface area contributed by atoms with Crippen LogP contribution in [-0.2, 0) is 14.8 Å². The highest BCUT2D eigenvalue weighted by Crippen LogP contribution is 2.50. The van der Waals surface area contributed by atoms with Crippen LogP contribution in [0, 0.1) is 11.8 Å². The molecule has 0 saturated carbocycles. The smallest absolute Gasteiger partial charge is 0.243 e. The first kappa shape index (κ1) is 31.3. The van der Waals surface area contributed by atoms with Gasteiger partial charge in [0.25, 0.3) is 0 Å². The van der Waals surface area contributed by atoms with E-state index in [-0.39, 0.29) is 11.8 Å². The molecule has 1 heterocycles. The van der Waals surface area contributed by atoms with Crippen molar-refractivity contribution in [2.45, 2.75) is 9.64 Å². The molecule has 0 N–H and O–H groups in total. The quantitative estimate of drug-likeness (QED) is 0.131. The third-order valence-electron chi connectivity index (χ3n) is 9.16. The molecule has 1 fully saturated rings. The van der Waals surface area contributed by atoms with E-state index >= 15 is 0 Å². The lowest BCUT2D eigenvalue weighted by Crippen LogP contribution is -2.30. The predicted octanol–water partition coefficient (Wildman–Crippen LogP) is 8.88. The summed E-state index contributed by atoms with van der Waals surface area (Å²) in [5.41, 5.74) is 3.58. The number of fused-ring (bicyclic) bond motifs is 1. The summed E-state index contributed by atoms with van der Waals surface area (Å²) >= 11 is 1.88. The lowest BCUT2D eigenvalue weighted by Gasteiger charge is -2.36. The molecule has 47 heavy (non-hydrogen) atoms. The molecule has 2 atom stereocenters. The normalized spacial score (nSPS) is 17.1. The molecule has 0 spiro atoms. The third kappa shape index (κ3) is 6.46. The van der Waals surface area contributed by atoms with Gasteiger partial charge in [0.1, 0.15) is 5.75 Å². The topological polar surface area (TPSA) is 46.6 Å². The van der Waals surface area contributed by atoms with Gasteiger partial charge in [0.2, 0.25) is 10.0 Å². The summed E-state index contributed by atoms with van der Waals surface area (Å²) in [6, 6.07) is 55.1. The van der Waals surface area contributed by atoms with Gasteiger partial charge >= 0.3 is 0 Å². The molecule has 1 aliphatic heterocycles. The van der Waals surface area contributed by atoms with Crippen LogP contribution in [0.1, 0.15) is 16.7 Å². The van der Waals surface area contributed by atoms with E-state index in [4.69, 9.17) is 4.74 Å². The number of nitrogens with zero attached hydrogens (tertiary/aromatic N) is 1. The highest BCUT2D eigenvalue weighted by Gasteiger charge is 2.43. The number of sulfonamides is 1. The second-order valence-corrected chi connectivity index (χ2v) is 15.2. The van der Waals surface area contributed by atoms with Crippen LogP contribution in [0.25, 0.3) is 10.8 Å². The van der Waals surface area contributed by atoms with Gasteiger partial charge in [-0.25, -0.2) is 8.42 Å². The Kier molecular flexibility index (Phi) is 9.16. The summed E-state index contributed by atoms with van der Waals surface area (Å²) in [6.45, 7) is 1.27. The van der Waals surface area contributed by atoms with E-state index in [1.54, 1.807) is 16.4 Å². The molecule has 6 aromatic carbocycles. The second-order valence-electron chi connectivity index (χ2n) is 12.1. The molecule has 7 rings (SSSR count). The molecule has 0 amide bonds. The fourth-order valence-corrected chi connectivity index (χ4v) is 10.0. The van der Waals surface area contributed by atoms with Gasteiger partial charge in [-0.1, -0.05) is 140 Å². The number of ether oxygens (including phenoxy) is 1. The highest BCUT2D eigenvalue weighted by atomic mass is 32.2. The Bertz CT molecular complexity index is 1920. The van der Waals surface area contributed by atoms with Crippen LogP contribution in [-0.4, -0.2) is 38.2 Å². The zero-order valence-corrected chi connectivity index (χ0v) is 27.7. The van der Waals surface area contributed by atoms with Crippen molar-refractivity contribution < 1.29 is 13.2 Å². The van der Waals surface area contributed by atoms with Crippen molar-refractivity contribution in [2.75, 3.05) is 25.4 Å². The first-order valence-electron chi connectivity index (χ1n) is 16.0. The number of hydrogen-bond donors (Lipinski definition) is 0. The Morgan fingerprint density at radius 3 is 1.66 bits per heavy atom. The van der Waals surface area contributed by atoms with E-state index in [2.05, 4.69) is 91.0 Å². The summed E-state index contributed by atoms with van der Waals surface area (Å²) in [5, 5.41) is 1.94. The molecule has 0 aromatic heterocycles. The number of rotatable bonds is 11. The predicted molar refractivity (Wildman–Crippen MR) is 193 cm³/mol. The Balaban J connectivity index is 1.24. The maximum Gasteiger partial charge on any atom is 0.243 e. The minimum atomic E-state index is -3.72. The highest BCUT2D eigenvalue weighted by molar-refractivity contribution is 8.00. The maximum atomic E-state index is 14.2. The molecule has 0 bridgehead atoms. The van der Waals surface area contributed by atoms with Crippen molar-refractivity contribution in [3.05, 3.63) is 180 Å². The van der Waals surface area contributed by atoms with Gasteiger partial charge in [-0.3, -0.25) is 0 Å². The van der Waals surface area contributed by atoms with Crippen molar-refractivity contribution in [3.63, 3.8) is 0 Å². The molecule has 6 aromatic rings. The average molecular weight is 656 g/mol. The van der Waals surface area contributed by atoms with Gasteiger partial charge in [0.05, 0.1) is 16.2 Å². The first-order valence-corrected chi connectivity index (χ1v) is 18.4. The zero-order valence-electron chi connectivity index (χ0n) is 26.1. The standard InChI is InChI=1S/C41H37NO3S2/c43-47(44,40-26-25-32-15-13-14-16-33(32)27-40)42-28-34(30-45-39-23-11-4-12-24-39)35(29-42)31-46-41(36-17-5-1-6-18-36,37-19-7-2-8-20-37)38-21-9-3-10-22-38/h1-27,34-35H,28-31H2. The molecule has 2 unspecified atom stereocenters. The maximum absolute atomic E-state index is 14.2. The first-order chi connectivity index (χ1) is 23.0. The van der Waals surface area contributed by atoms with Crippen molar-refractivity contribution in [2.24, 2.45) is 11.8 Å². The third-order valence-corrected chi connectivity index (χ3v) is 12.7. The largest absolute Gasteiger partial charge is 0.493 e. The molecular formula is C41H37NO3S2. The van der Waals surface area contributed by atoms with Crippen LogP contribution in [0.4, 0.5) is 0 Å². The van der Waals surface area contributed by atoms with Gasteiger partial charge in [-0.05, 0) is 63.4 Å². The van der Waals surface area contributed by atoms with Crippen LogP contribution in [0.15, 0.2) is 169 Å². The fourth-order valence-electron chi connectivity index (χ4n) is 6.67. The lowest BCUT2D eigenvalue weighted by atomic mass is 9.84. The van der Waals surface area contributed by atoms with Crippen LogP contribution < -0.4 is 4.74 Å². The summed E-state index contributed by atoms with van der Waals surface area (Å²) in [5.74, 6) is 1.61. The van der Waals surface area contributed by atoms with Gasteiger partial charge in [-0.15, -0.1) is 11.8 Å². The zero-order chi connectivity index (χ0) is 32.1. The SMILES string of the molecule is O=S(=O)(c1ccc2ccccc2c1)N1CC(COc2ccccc2)C(CSC(c2ccccc2)(c2ccccc2)c2ccccc2)C1. The van der Waals surface area contributed by atoms with Crippen molar-refractivity contribution in [1.29, 1.82) is 0 Å². The molecule has 6 heteroatoms. The average Bonchev–Trinajstić information content (AvgIpc) is 3.56. The van der Waals surface area contributed by atoms with Crippen LogP contribution in [0.5, 0.6) is 5.75 Å². The van der Waals surface area contributed by atoms with E-state index in [1.165, 1.54) is 16.7 Å². The molecule has 1 saturated heterocycles. The van der Waals surface area contributed by atoms with Gasteiger partial charge < -0.3 is 4.74 Å². The lowest BCUT2D eigenvalue weighted by molar-refractivity contribution is 0.232. The second kappa shape index (κ2) is 13.8. The molecule has 236 valence electrons. The Labute approximate surface area is 282 Å². The summed E-state index contributed by atoms with van der Waals surface area (Å²) < 4.78 is 35.9. The molecule has 1 aliphatic rings. The number of hydrogen-bond acceptors (Lipinski definition) is 4. The van der Waals surface area contributed by atoms with Crippen LogP contribution in [0.2, 0.25) is 0 Å². The van der Waals surface area contributed by atoms with Crippen molar-refractivity contribution in [3.8, 4) is 5.75 Å². The Hall–Kier alpha value is -4.36. The van der Waals surface area contributed by atoms with E-state index in [1.807, 2.05) is 72.4 Å². The van der Waals surface area contributed by atoms with E-state index in [9.17, 15) is 8.42 Å². The van der Waals surface area contributed by atoms with Crippen molar-refractivity contribution in [1.82, 2.24) is 4.31 Å². The molecule has 0 radical (unpaired) electrons. The minimum absolute atomic E-state index is 0.0120. The minimum Gasteiger partial charge on any atom is -0.493 e. The van der Waals surface area contributed by atoms with Crippen LogP contribution in [0.3, 0.4) is 0 Å². The molecule has 4 nitrogen and oxygen atoms in total. The summed E-state index contributed by atoms with van der Waals surface area (Å²) in [6.07, 6.45) is 0. The molecular weight excluding hydrogens is 619 g/mol. The van der Waals surface area contributed by atoms with Crippen LogP contribution >= 0.6 is 11.8 Å². The van der Waals surface area contributed by atoms with E-state index in [0.717, 1.165) is 22.3 Å². The summed E-state index contributed by atoms with van der Waals surface area (Å²) in [7, 11) is -3.72.